The van der Waals surface area contributed by atoms with Gasteiger partial charge >= 0.3 is 0 Å². The first kappa shape index (κ1) is 28.9. The lowest BCUT2D eigenvalue weighted by Crippen LogP contribution is -2.38. The average Bonchev–Trinajstić information content (AvgIpc) is 2.70. The summed E-state index contributed by atoms with van der Waals surface area (Å²) in [6.07, 6.45) is 26.8. The van der Waals surface area contributed by atoms with Crippen molar-refractivity contribution in [1.29, 1.82) is 0 Å². The van der Waals surface area contributed by atoms with Crippen LogP contribution in [0.5, 0.6) is 0 Å². The van der Waals surface area contributed by atoms with Crippen molar-refractivity contribution in [3.05, 3.63) is 0 Å². The number of aliphatic hydroxyl groups excluding tert-OH is 2. The van der Waals surface area contributed by atoms with E-state index in [4.69, 9.17) is 0 Å². The van der Waals surface area contributed by atoms with Crippen LogP contribution in [0.2, 0.25) is 0 Å². The summed E-state index contributed by atoms with van der Waals surface area (Å²) in [5.74, 6) is 0. The molecule has 0 radical (unpaired) electrons. The number of unbranched alkanes of at least 4 members (excludes halogenated alkanes) is 18. The fraction of sp³-hybridized carbons (Fsp3) is 1.00. The largest absolute Gasteiger partial charge is 0.379 e. The molecule has 0 saturated heterocycles. The Labute approximate surface area is 183 Å². The van der Waals surface area contributed by atoms with Crippen LogP contribution in [-0.4, -0.2) is 22.7 Å². The molecule has 3 nitrogen and oxygen atoms in total. The molecular formula is C26H55NO2. The van der Waals surface area contributed by atoms with E-state index in [1.165, 1.54) is 116 Å². The molecule has 0 aromatic heterocycles. The van der Waals surface area contributed by atoms with Crippen LogP contribution in [0.1, 0.15) is 155 Å². The lowest BCUT2D eigenvalue weighted by atomic mass is 10.0. The van der Waals surface area contributed by atoms with Gasteiger partial charge in [0.15, 0.2) is 0 Å². The van der Waals surface area contributed by atoms with Gasteiger partial charge in [-0.2, -0.15) is 0 Å². The van der Waals surface area contributed by atoms with Crippen molar-refractivity contribution in [2.45, 2.75) is 168 Å². The number of hydrogen-bond acceptors (Lipinski definition) is 3. The highest BCUT2D eigenvalue weighted by atomic mass is 16.3. The van der Waals surface area contributed by atoms with Gasteiger partial charge < -0.3 is 10.2 Å². The summed E-state index contributed by atoms with van der Waals surface area (Å²) < 4.78 is 0. The molecular weight excluding hydrogens is 358 g/mol. The molecule has 3 heteroatoms. The van der Waals surface area contributed by atoms with Crippen LogP contribution in [0.15, 0.2) is 0 Å². The molecule has 0 saturated carbocycles. The van der Waals surface area contributed by atoms with Gasteiger partial charge in [-0.25, -0.2) is 0 Å². The number of aliphatic hydroxyl groups is 2. The van der Waals surface area contributed by atoms with Gasteiger partial charge in [-0.1, -0.05) is 129 Å². The second kappa shape index (κ2) is 24.2. The smallest absolute Gasteiger partial charge is 0.106 e. The van der Waals surface area contributed by atoms with E-state index in [1.807, 2.05) is 0 Å². The molecule has 0 heterocycles. The Morgan fingerprint density at radius 1 is 0.414 bits per heavy atom. The van der Waals surface area contributed by atoms with Gasteiger partial charge in [0.25, 0.3) is 0 Å². The van der Waals surface area contributed by atoms with E-state index in [-0.39, 0.29) is 0 Å². The minimum atomic E-state index is -0.553. The summed E-state index contributed by atoms with van der Waals surface area (Å²) in [5, 5.41) is 22.9. The zero-order valence-corrected chi connectivity index (χ0v) is 20.1. The van der Waals surface area contributed by atoms with Gasteiger partial charge in [0.2, 0.25) is 0 Å². The fourth-order valence-corrected chi connectivity index (χ4v) is 4.04. The van der Waals surface area contributed by atoms with Gasteiger partial charge in [-0.05, 0) is 25.7 Å². The SMILES string of the molecule is CCCCCCCCCCCCCCCCCC(O)NC(O)CCCCCCC. The molecule has 0 aromatic carbocycles. The molecule has 0 fully saturated rings. The van der Waals surface area contributed by atoms with E-state index in [9.17, 15) is 10.2 Å². The molecule has 2 atom stereocenters. The summed E-state index contributed by atoms with van der Waals surface area (Å²) >= 11 is 0. The maximum absolute atomic E-state index is 9.99. The number of nitrogens with one attached hydrogen (secondary N) is 1. The zero-order valence-electron chi connectivity index (χ0n) is 20.1. The second-order valence-corrected chi connectivity index (χ2v) is 9.14. The minimum absolute atomic E-state index is 0.553. The van der Waals surface area contributed by atoms with E-state index in [2.05, 4.69) is 19.2 Å². The second-order valence-electron chi connectivity index (χ2n) is 9.14. The Hall–Kier alpha value is -0.120. The predicted octanol–water partition coefficient (Wildman–Crippen LogP) is 7.83. The highest BCUT2D eigenvalue weighted by Crippen LogP contribution is 2.14. The molecule has 0 aliphatic rings. The summed E-state index contributed by atoms with van der Waals surface area (Å²) in [7, 11) is 0. The molecule has 29 heavy (non-hydrogen) atoms. The van der Waals surface area contributed by atoms with E-state index in [0.29, 0.717) is 0 Å². The highest BCUT2D eigenvalue weighted by molar-refractivity contribution is 4.59. The van der Waals surface area contributed by atoms with Crippen LogP contribution >= 0.6 is 0 Å². The molecule has 0 aliphatic heterocycles. The molecule has 2 unspecified atom stereocenters. The van der Waals surface area contributed by atoms with Crippen molar-refractivity contribution < 1.29 is 10.2 Å². The molecule has 0 aromatic rings. The maximum Gasteiger partial charge on any atom is 0.106 e. The Balaban J connectivity index is 3.23. The molecule has 0 rings (SSSR count). The fourth-order valence-electron chi connectivity index (χ4n) is 4.04. The van der Waals surface area contributed by atoms with Gasteiger partial charge in [-0.15, -0.1) is 0 Å². The third-order valence-electron chi connectivity index (χ3n) is 6.05. The summed E-state index contributed by atoms with van der Waals surface area (Å²) in [4.78, 5) is 0. The van der Waals surface area contributed by atoms with E-state index in [1.54, 1.807) is 0 Å². The minimum Gasteiger partial charge on any atom is -0.379 e. The van der Waals surface area contributed by atoms with Gasteiger partial charge in [0.1, 0.15) is 12.5 Å². The Kier molecular flexibility index (Phi) is 24.1. The Morgan fingerprint density at radius 3 is 0.931 bits per heavy atom. The number of hydrogen-bond donors (Lipinski definition) is 3. The van der Waals surface area contributed by atoms with Crippen molar-refractivity contribution in [1.82, 2.24) is 5.32 Å². The van der Waals surface area contributed by atoms with E-state index < -0.39 is 12.5 Å². The lowest BCUT2D eigenvalue weighted by molar-refractivity contribution is 0.0310. The quantitative estimate of drug-likeness (QED) is 0.112. The molecule has 0 amide bonds. The van der Waals surface area contributed by atoms with Crippen LogP contribution in [0.4, 0.5) is 0 Å². The topological polar surface area (TPSA) is 52.5 Å². The highest BCUT2D eigenvalue weighted by Gasteiger charge is 2.09. The first-order valence-corrected chi connectivity index (χ1v) is 13.3. The van der Waals surface area contributed by atoms with Crippen LogP contribution in [0.3, 0.4) is 0 Å². The van der Waals surface area contributed by atoms with Crippen LogP contribution in [-0.2, 0) is 0 Å². The molecule has 3 N–H and O–H groups in total. The summed E-state index contributed by atoms with van der Waals surface area (Å²) in [6, 6.07) is 0. The number of rotatable bonds is 24. The van der Waals surface area contributed by atoms with Crippen LogP contribution in [0, 0.1) is 0 Å². The van der Waals surface area contributed by atoms with Crippen molar-refractivity contribution in [2.24, 2.45) is 0 Å². The standard InChI is InChI=1S/C26H55NO2/c1-3-5-7-9-10-11-12-13-14-15-16-17-18-20-22-24-26(29)27-25(28)23-21-19-8-6-4-2/h25-29H,3-24H2,1-2H3. The summed E-state index contributed by atoms with van der Waals surface area (Å²) in [6.45, 7) is 4.49. The zero-order chi connectivity index (χ0) is 21.4. The Morgan fingerprint density at radius 2 is 0.655 bits per heavy atom. The normalized spacial score (nSPS) is 13.7. The van der Waals surface area contributed by atoms with Gasteiger partial charge in [0, 0.05) is 0 Å². The molecule has 0 aliphatic carbocycles. The first-order valence-electron chi connectivity index (χ1n) is 13.3. The van der Waals surface area contributed by atoms with Gasteiger partial charge in [-0.3, -0.25) is 5.32 Å². The van der Waals surface area contributed by atoms with Crippen LogP contribution < -0.4 is 5.32 Å². The third kappa shape index (κ3) is 24.0. The lowest BCUT2D eigenvalue weighted by Gasteiger charge is -2.18. The monoisotopic (exact) mass is 413 g/mol. The first-order chi connectivity index (χ1) is 14.2. The average molecular weight is 414 g/mol. The van der Waals surface area contributed by atoms with Crippen molar-refractivity contribution in [2.75, 3.05) is 0 Å². The maximum atomic E-state index is 9.99. The van der Waals surface area contributed by atoms with Crippen molar-refractivity contribution in [3.63, 3.8) is 0 Å². The molecule has 176 valence electrons. The van der Waals surface area contributed by atoms with E-state index in [0.717, 1.165) is 25.7 Å². The predicted molar refractivity (Wildman–Crippen MR) is 128 cm³/mol. The molecule has 0 bridgehead atoms. The Bertz CT molecular complexity index is 298. The van der Waals surface area contributed by atoms with Crippen molar-refractivity contribution in [3.8, 4) is 0 Å². The summed E-state index contributed by atoms with van der Waals surface area (Å²) in [5.41, 5.74) is 0. The molecule has 0 spiro atoms. The van der Waals surface area contributed by atoms with Crippen molar-refractivity contribution >= 4 is 0 Å². The third-order valence-corrected chi connectivity index (χ3v) is 6.05. The van der Waals surface area contributed by atoms with Crippen LogP contribution in [0.25, 0.3) is 0 Å². The van der Waals surface area contributed by atoms with E-state index >= 15 is 0 Å². The van der Waals surface area contributed by atoms with Gasteiger partial charge in [0.05, 0.1) is 0 Å².